The topological polar surface area (TPSA) is 75.2 Å². The van der Waals surface area contributed by atoms with Gasteiger partial charge in [0.15, 0.2) is 0 Å². The SMILES string of the molecule is O=C(Nc1ccc(F)cc1)c1nnc([C@H]2CCCN(C(=O)c3ccccc3F)C2)s1. The van der Waals surface area contributed by atoms with Crippen LogP contribution in [0.5, 0.6) is 0 Å². The summed E-state index contributed by atoms with van der Waals surface area (Å²) in [5.74, 6) is -1.78. The molecule has 1 aromatic heterocycles. The van der Waals surface area contributed by atoms with Crippen LogP contribution in [0.25, 0.3) is 0 Å². The smallest absolute Gasteiger partial charge is 0.286 e. The van der Waals surface area contributed by atoms with Gasteiger partial charge in [-0.1, -0.05) is 23.5 Å². The monoisotopic (exact) mass is 428 g/mol. The van der Waals surface area contributed by atoms with Gasteiger partial charge in [-0.15, -0.1) is 10.2 Å². The van der Waals surface area contributed by atoms with E-state index in [1.807, 2.05) is 0 Å². The third kappa shape index (κ3) is 4.35. The van der Waals surface area contributed by atoms with Crippen molar-refractivity contribution in [3.8, 4) is 0 Å². The van der Waals surface area contributed by atoms with E-state index >= 15 is 0 Å². The van der Waals surface area contributed by atoms with Crippen LogP contribution in [-0.2, 0) is 0 Å². The van der Waals surface area contributed by atoms with Gasteiger partial charge in [0.25, 0.3) is 11.8 Å². The molecule has 1 aliphatic heterocycles. The van der Waals surface area contributed by atoms with Crippen LogP contribution in [-0.4, -0.2) is 40.0 Å². The highest BCUT2D eigenvalue weighted by Crippen LogP contribution is 2.30. The van der Waals surface area contributed by atoms with Crippen molar-refractivity contribution in [2.24, 2.45) is 0 Å². The molecule has 0 spiro atoms. The number of carbonyl (C=O) groups is 2. The van der Waals surface area contributed by atoms with Crippen LogP contribution in [0.2, 0.25) is 0 Å². The average Bonchev–Trinajstić information content (AvgIpc) is 3.26. The molecule has 9 heteroatoms. The lowest BCUT2D eigenvalue weighted by atomic mass is 9.98. The number of benzene rings is 2. The number of halogens is 2. The predicted molar refractivity (Wildman–Crippen MR) is 109 cm³/mol. The quantitative estimate of drug-likeness (QED) is 0.679. The second-order valence-corrected chi connectivity index (χ2v) is 7.99. The highest BCUT2D eigenvalue weighted by molar-refractivity contribution is 7.13. The molecule has 1 fully saturated rings. The van der Waals surface area contributed by atoms with E-state index in [1.54, 1.807) is 17.0 Å². The molecule has 2 aromatic carbocycles. The summed E-state index contributed by atoms with van der Waals surface area (Å²) in [6.07, 6.45) is 1.55. The number of amides is 2. The van der Waals surface area contributed by atoms with Crippen LogP contribution < -0.4 is 5.32 Å². The van der Waals surface area contributed by atoms with E-state index in [9.17, 15) is 18.4 Å². The van der Waals surface area contributed by atoms with Crippen LogP contribution in [0.3, 0.4) is 0 Å². The van der Waals surface area contributed by atoms with Crippen molar-refractivity contribution in [3.63, 3.8) is 0 Å². The Morgan fingerprint density at radius 2 is 1.83 bits per heavy atom. The van der Waals surface area contributed by atoms with E-state index in [1.165, 1.54) is 36.4 Å². The normalized spacial score (nSPS) is 16.3. The summed E-state index contributed by atoms with van der Waals surface area (Å²) in [7, 11) is 0. The third-order valence-corrected chi connectivity index (χ3v) is 5.98. The Hall–Kier alpha value is -3.20. The second-order valence-electron chi connectivity index (χ2n) is 6.98. The number of rotatable bonds is 4. The van der Waals surface area contributed by atoms with Crippen LogP contribution in [0.1, 0.15) is 43.9 Å². The van der Waals surface area contributed by atoms with Gasteiger partial charge >= 0.3 is 0 Å². The van der Waals surface area contributed by atoms with Crippen molar-refractivity contribution in [3.05, 3.63) is 75.7 Å². The van der Waals surface area contributed by atoms with Gasteiger partial charge < -0.3 is 10.2 Å². The lowest BCUT2D eigenvalue weighted by Gasteiger charge is -2.31. The third-order valence-electron chi connectivity index (χ3n) is 4.90. The predicted octanol–water partition coefficient (Wildman–Crippen LogP) is 4.09. The molecular formula is C21H18F2N4O2S. The van der Waals surface area contributed by atoms with E-state index in [4.69, 9.17) is 0 Å². The summed E-state index contributed by atoms with van der Waals surface area (Å²) in [6.45, 7) is 0.932. The first-order valence-corrected chi connectivity index (χ1v) is 10.3. The van der Waals surface area contributed by atoms with Gasteiger partial charge in [-0.05, 0) is 49.2 Å². The Labute approximate surface area is 175 Å². The molecule has 3 aromatic rings. The van der Waals surface area contributed by atoms with Crippen molar-refractivity contribution in [2.45, 2.75) is 18.8 Å². The van der Waals surface area contributed by atoms with E-state index in [2.05, 4.69) is 15.5 Å². The molecule has 0 bridgehead atoms. The summed E-state index contributed by atoms with van der Waals surface area (Å²) in [5, 5.41) is 11.6. The fraction of sp³-hybridized carbons (Fsp3) is 0.238. The molecule has 2 amide bonds. The van der Waals surface area contributed by atoms with Crippen molar-refractivity contribution in [2.75, 3.05) is 18.4 Å². The average molecular weight is 428 g/mol. The zero-order chi connectivity index (χ0) is 21.1. The van der Waals surface area contributed by atoms with Crippen LogP contribution >= 0.6 is 11.3 Å². The maximum Gasteiger partial charge on any atom is 0.286 e. The molecule has 0 unspecified atom stereocenters. The van der Waals surface area contributed by atoms with Gasteiger partial charge in [0.2, 0.25) is 5.01 Å². The number of nitrogens with zero attached hydrogens (tertiary/aromatic N) is 3. The first-order chi connectivity index (χ1) is 14.5. The molecule has 2 heterocycles. The zero-order valence-electron chi connectivity index (χ0n) is 15.8. The first-order valence-electron chi connectivity index (χ1n) is 9.45. The van der Waals surface area contributed by atoms with Crippen LogP contribution in [0.4, 0.5) is 14.5 Å². The summed E-state index contributed by atoms with van der Waals surface area (Å²) in [4.78, 5) is 26.7. The van der Waals surface area contributed by atoms with Crippen molar-refractivity contribution in [1.29, 1.82) is 0 Å². The molecule has 1 aliphatic rings. The van der Waals surface area contributed by atoms with Gasteiger partial charge in [0.05, 0.1) is 5.56 Å². The minimum absolute atomic E-state index is 0.0507. The highest BCUT2D eigenvalue weighted by Gasteiger charge is 2.29. The first kappa shape index (κ1) is 20.1. The van der Waals surface area contributed by atoms with Crippen molar-refractivity contribution < 1.29 is 18.4 Å². The molecule has 1 saturated heterocycles. The lowest BCUT2D eigenvalue weighted by Crippen LogP contribution is -2.39. The number of piperidine rings is 1. The van der Waals surface area contributed by atoms with Gasteiger partial charge in [0, 0.05) is 24.7 Å². The maximum atomic E-state index is 14.0. The molecule has 1 atom stereocenters. The summed E-state index contributed by atoms with van der Waals surface area (Å²) >= 11 is 1.16. The Balaban J connectivity index is 1.44. The molecule has 154 valence electrons. The van der Waals surface area contributed by atoms with Gasteiger partial charge in [-0.3, -0.25) is 9.59 Å². The van der Waals surface area contributed by atoms with Crippen molar-refractivity contribution >= 4 is 28.8 Å². The second kappa shape index (κ2) is 8.66. The maximum absolute atomic E-state index is 14.0. The molecular weight excluding hydrogens is 410 g/mol. The number of nitrogens with one attached hydrogen (secondary N) is 1. The van der Waals surface area contributed by atoms with E-state index in [-0.39, 0.29) is 22.4 Å². The number of anilines is 1. The minimum atomic E-state index is -0.541. The van der Waals surface area contributed by atoms with E-state index in [0.717, 1.165) is 24.2 Å². The number of likely N-dealkylation sites (tertiary alicyclic amines) is 1. The number of carbonyl (C=O) groups excluding carboxylic acids is 2. The largest absolute Gasteiger partial charge is 0.338 e. The number of hydrogen-bond donors (Lipinski definition) is 1. The Morgan fingerprint density at radius 3 is 2.60 bits per heavy atom. The fourth-order valence-electron chi connectivity index (χ4n) is 3.38. The van der Waals surface area contributed by atoms with Gasteiger partial charge in [-0.25, -0.2) is 8.78 Å². The summed E-state index contributed by atoms with van der Waals surface area (Å²) in [6, 6.07) is 11.4. The summed E-state index contributed by atoms with van der Waals surface area (Å²) < 4.78 is 27.0. The molecule has 0 aliphatic carbocycles. The number of aromatic nitrogens is 2. The fourth-order valence-corrected chi connectivity index (χ4v) is 4.24. The summed E-state index contributed by atoms with van der Waals surface area (Å²) in [5.41, 5.74) is 0.507. The van der Waals surface area contributed by atoms with E-state index in [0.29, 0.717) is 23.8 Å². The molecule has 1 N–H and O–H groups in total. The Kier molecular flexibility index (Phi) is 5.80. The minimum Gasteiger partial charge on any atom is -0.338 e. The Morgan fingerprint density at radius 1 is 1.07 bits per heavy atom. The highest BCUT2D eigenvalue weighted by atomic mass is 32.1. The van der Waals surface area contributed by atoms with Gasteiger partial charge in [0.1, 0.15) is 16.6 Å². The van der Waals surface area contributed by atoms with Crippen molar-refractivity contribution in [1.82, 2.24) is 15.1 Å². The Bertz CT molecular complexity index is 1070. The molecule has 4 rings (SSSR count). The van der Waals surface area contributed by atoms with E-state index < -0.39 is 17.5 Å². The van der Waals surface area contributed by atoms with Gasteiger partial charge in [-0.2, -0.15) is 0 Å². The van der Waals surface area contributed by atoms with Crippen LogP contribution in [0.15, 0.2) is 48.5 Å². The number of hydrogen-bond acceptors (Lipinski definition) is 5. The molecule has 6 nitrogen and oxygen atoms in total. The lowest BCUT2D eigenvalue weighted by molar-refractivity contribution is 0.0702. The standard InChI is InChI=1S/C21H18F2N4O2S/c22-14-7-9-15(10-8-14)24-18(28)20-26-25-19(30-20)13-4-3-11-27(12-13)21(29)16-5-1-2-6-17(16)23/h1-2,5-10,13H,3-4,11-12H2,(H,24,28)/t13-/m0/s1. The molecule has 0 radical (unpaired) electrons. The zero-order valence-corrected chi connectivity index (χ0v) is 16.7. The molecule has 0 saturated carbocycles. The molecule has 30 heavy (non-hydrogen) atoms. The van der Waals surface area contributed by atoms with Crippen LogP contribution in [0, 0.1) is 11.6 Å².